The average molecular weight is 288 g/mol. The number of aromatic nitrogens is 4. The summed E-state index contributed by atoms with van der Waals surface area (Å²) in [5, 5.41) is 35.6. The lowest BCUT2D eigenvalue weighted by Crippen LogP contribution is -2.10. The number of hydrogen-bond acceptors (Lipinski definition) is 5. The summed E-state index contributed by atoms with van der Waals surface area (Å²) in [5.74, 6) is -2.66. The van der Waals surface area contributed by atoms with Crippen LogP contribution in [0.25, 0.3) is 16.6 Å². The zero-order chi connectivity index (χ0) is 15.1. The van der Waals surface area contributed by atoms with E-state index < -0.39 is 17.6 Å². The number of carboxylic acids is 2. The SMILES string of the molecule is O=C(O)c1cn(-c2c(C(=O)O)n(O)c3ccccc23)nn1. The van der Waals surface area contributed by atoms with Crippen molar-refractivity contribution in [2.75, 3.05) is 0 Å². The predicted octanol–water partition coefficient (Wildman–Crippen LogP) is 0.856. The van der Waals surface area contributed by atoms with Crippen LogP contribution in [0.5, 0.6) is 0 Å². The molecule has 0 atom stereocenters. The van der Waals surface area contributed by atoms with Crippen molar-refractivity contribution in [3.63, 3.8) is 0 Å². The third-order valence-corrected chi connectivity index (χ3v) is 2.97. The molecule has 0 unspecified atom stereocenters. The van der Waals surface area contributed by atoms with Gasteiger partial charge >= 0.3 is 11.9 Å². The van der Waals surface area contributed by atoms with E-state index in [0.29, 0.717) is 10.1 Å². The number of benzene rings is 1. The number of fused-ring (bicyclic) bond motifs is 1. The van der Waals surface area contributed by atoms with Crippen molar-refractivity contribution in [3.05, 3.63) is 41.9 Å². The Kier molecular flexibility index (Phi) is 2.61. The van der Waals surface area contributed by atoms with Gasteiger partial charge in [-0.2, -0.15) is 4.73 Å². The van der Waals surface area contributed by atoms with Gasteiger partial charge in [0, 0.05) is 5.39 Å². The molecule has 0 aliphatic rings. The molecule has 1 aromatic carbocycles. The second-order valence-electron chi connectivity index (χ2n) is 4.18. The van der Waals surface area contributed by atoms with Crippen molar-refractivity contribution in [3.8, 4) is 5.69 Å². The van der Waals surface area contributed by atoms with E-state index in [1.54, 1.807) is 18.2 Å². The molecule has 0 bridgehead atoms. The molecule has 0 radical (unpaired) electrons. The molecule has 9 nitrogen and oxygen atoms in total. The minimum Gasteiger partial charge on any atom is -0.476 e. The molecule has 3 rings (SSSR count). The van der Waals surface area contributed by atoms with Gasteiger partial charge in [-0.25, -0.2) is 14.3 Å². The van der Waals surface area contributed by atoms with E-state index in [1.165, 1.54) is 6.07 Å². The van der Waals surface area contributed by atoms with E-state index in [9.17, 15) is 19.9 Å². The van der Waals surface area contributed by atoms with E-state index in [2.05, 4.69) is 10.3 Å². The molecule has 0 saturated heterocycles. The molecule has 3 aromatic rings. The maximum Gasteiger partial charge on any atom is 0.358 e. The van der Waals surface area contributed by atoms with Gasteiger partial charge in [0.2, 0.25) is 0 Å². The Bertz CT molecular complexity index is 879. The highest BCUT2D eigenvalue weighted by molar-refractivity contribution is 6.02. The number of carbonyl (C=O) groups is 2. The molecule has 2 aromatic heterocycles. The third kappa shape index (κ3) is 1.79. The van der Waals surface area contributed by atoms with Crippen LogP contribution in [0.1, 0.15) is 21.0 Å². The summed E-state index contributed by atoms with van der Waals surface area (Å²) in [6.45, 7) is 0. The first-order valence-electron chi connectivity index (χ1n) is 5.72. The Morgan fingerprint density at radius 1 is 1.10 bits per heavy atom. The minimum absolute atomic E-state index is 0.0422. The van der Waals surface area contributed by atoms with E-state index >= 15 is 0 Å². The monoisotopic (exact) mass is 288 g/mol. The van der Waals surface area contributed by atoms with Crippen molar-refractivity contribution in [2.45, 2.75) is 0 Å². The van der Waals surface area contributed by atoms with Crippen LogP contribution in [0.3, 0.4) is 0 Å². The van der Waals surface area contributed by atoms with Gasteiger partial charge in [-0.15, -0.1) is 5.10 Å². The summed E-state index contributed by atoms with van der Waals surface area (Å²) in [4.78, 5) is 22.2. The van der Waals surface area contributed by atoms with Crippen LogP contribution >= 0.6 is 0 Å². The van der Waals surface area contributed by atoms with Gasteiger partial charge in [0.1, 0.15) is 5.69 Å². The number of nitrogens with zero attached hydrogens (tertiary/aromatic N) is 4. The Hall–Kier alpha value is -3.36. The molecule has 21 heavy (non-hydrogen) atoms. The minimum atomic E-state index is -1.38. The van der Waals surface area contributed by atoms with Gasteiger partial charge in [-0.1, -0.05) is 23.4 Å². The lowest BCUT2D eigenvalue weighted by atomic mass is 10.2. The zero-order valence-electron chi connectivity index (χ0n) is 10.3. The zero-order valence-corrected chi connectivity index (χ0v) is 10.3. The first-order valence-corrected chi connectivity index (χ1v) is 5.72. The maximum absolute atomic E-state index is 11.4. The number of aromatic carboxylic acids is 2. The molecule has 0 aliphatic heterocycles. The largest absolute Gasteiger partial charge is 0.476 e. The van der Waals surface area contributed by atoms with E-state index in [0.717, 1.165) is 10.9 Å². The molecule has 106 valence electrons. The van der Waals surface area contributed by atoms with Crippen molar-refractivity contribution in [2.24, 2.45) is 0 Å². The first-order chi connectivity index (χ1) is 10.0. The highest BCUT2D eigenvalue weighted by Gasteiger charge is 2.25. The van der Waals surface area contributed by atoms with Gasteiger partial charge in [0.25, 0.3) is 0 Å². The van der Waals surface area contributed by atoms with Gasteiger partial charge < -0.3 is 15.4 Å². The Morgan fingerprint density at radius 2 is 1.81 bits per heavy atom. The molecular formula is C12H8N4O5. The standard InChI is InChI=1S/C12H8N4O5/c17-11(18)7-5-15(14-13-7)9-6-3-1-2-4-8(6)16(21)10(9)12(19)20/h1-5,21H,(H,17,18)(H,19,20). The Balaban J connectivity index is 2.36. The van der Waals surface area contributed by atoms with Crippen molar-refractivity contribution >= 4 is 22.8 Å². The van der Waals surface area contributed by atoms with Gasteiger partial charge in [0.05, 0.1) is 11.7 Å². The molecule has 3 N–H and O–H groups in total. The molecule has 0 saturated carbocycles. The molecule has 0 fully saturated rings. The fourth-order valence-corrected chi connectivity index (χ4v) is 2.10. The summed E-state index contributed by atoms with van der Waals surface area (Å²) >= 11 is 0. The summed E-state index contributed by atoms with van der Waals surface area (Å²) in [6, 6.07) is 6.41. The number of rotatable bonds is 3. The predicted molar refractivity (Wildman–Crippen MR) is 68.0 cm³/mol. The number of para-hydroxylation sites is 1. The van der Waals surface area contributed by atoms with Crippen LogP contribution in [-0.2, 0) is 0 Å². The first kappa shape index (κ1) is 12.7. The van der Waals surface area contributed by atoms with E-state index in [4.69, 9.17) is 5.11 Å². The van der Waals surface area contributed by atoms with Gasteiger partial charge in [0.15, 0.2) is 11.4 Å². The number of carboxylic acid groups (broad SMARTS) is 2. The normalized spacial score (nSPS) is 10.9. The third-order valence-electron chi connectivity index (χ3n) is 2.97. The summed E-state index contributed by atoms with van der Waals surface area (Å²) in [6.07, 6.45) is 1.08. The number of hydrogen-bond donors (Lipinski definition) is 3. The van der Waals surface area contributed by atoms with Crippen molar-refractivity contribution in [1.82, 2.24) is 19.7 Å². The highest BCUT2D eigenvalue weighted by Crippen LogP contribution is 2.28. The van der Waals surface area contributed by atoms with Crippen LogP contribution in [0, 0.1) is 0 Å². The summed E-state index contributed by atoms with van der Waals surface area (Å²) in [7, 11) is 0. The molecule has 0 amide bonds. The Labute approximate surface area is 116 Å². The van der Waals surface area contributed by atoms with Crippen molar-refractivity contribution < 1.29 is 25.0 Å². The quantitative estimate of drug-likeness (QED) is 0.609. The van der Waals surface area contributed by atoms with Crippen LogP contribution < -0.4 is 0 Å². The topological polar surface area (TPSA) is 130 Å². The van der Waals surface area contributed by atoms with Crippen LogP contribution in [0.15, 0.2) is 30.5 Å². The summed E-state index contributed by atoms with van der Waals surface area (Å²) in [5.41, 5.74) is -0.461. The molecular weight excluding hydrogens is 280 g/mol. The molecule has 0 spiro atoms. The van der Waals surface area contributed by atoms with Gasteiger partial charge in [-0.05, 0) is 6.07 Å². The lowest BCUT2D eigenvalue weighted by Gasteiger charge is -2.00. The van der Waals surface area contributed by atoms with Gasteiger partial charge in [-0.3, -0.25) is 0 Å². The van der Waals surface area contributed by atoms with E-state index in [1.807, 2.05) is 0 Å². The fourth-order valence-electron chi connectivity index (χ4n) is 2.10. The summed E-state index contributed by atoms with van der Waals surface area (Å²) < 4.78 is 1.54. The van der Waals surface area contributed by atoms with Crippen LogP contribution in [-0.4, -0.2) is 47.1 Å². The maximum atomic E-state index is 11.4. The molecule has 2 heterocycles. The van der Waals surface area contributed by atoms with Crippen LogP contribution in [0.2, 0.25) is 0 Å². The lowest BCUT2D eigenvalue weighted by molar-refractivity contribution is 0.0647. The van der Waals surface area contributed by atoms with Crippen LogP contribution in [0.4, 0.5) is 0 Å². The second-order valence-corrected chi connectivity index (χ2v) is 4.18. The second kappa shape index (κ2) is 4.34. The molecule has 0 aliphatic carbocycles. The van der Waals surface area contributed by atoms with E-state index in [-0.39, 0.29) is 16.9 Å². The fraction of sp³-hybridized carbons (Fsp3) is 0. The highest BCUT2D eigenvalue weighted by atomic mass is 16.5. The molecule has 9 heteroatoms. The van der Waals surface area contributed by atoms with Crippen molar-refractivity contribution in [1.29, 1.82) is 0 Å². The smallest absolute Gasteiger partial charge is 0.358 e. The Morgan fingerprint density at radius 3 is 2.43 bits per heavy atom. The average Bonchev–Trinajstić information content (AvgIpc) is 3.02.